The van der Waals surface area contributed by atoms with Crippen molar-refractivity contribution >= 4 is 11.9 Å². The van der Waals surface area contributed by atoms with E-state index in [2.05, 4.69) is 0 Å². The van der Waals surface area contributed by atoms with E-state index >= 15 is 0 Å². The van der Waals surface area contributed by atoms with Crippen LogP contribution in [0.3, 0.4) is 0 Å². The molecule has 0 aliphatic rings. The number of esters is 2. The standard InChI is InChI=1S/C15H15NO4/c1-19-14(17)12-8-9-13(15(18)20-2)16(12)10-11-6-4-3-5-7-11/h3-9H,10H2,1-2H3. The summed E-state index contributed by atoms with van der Waals surface area (Å²) in [4.78, 5) is 23.5. The van der Waals surface area contributed by atoms with E-state index in [1.165, 1.54) is 14.2 Å². The first kappa shape index (κ1) is 13.9. The summed E-state index contributed by atoms with van der Waals surface area (Å²) < 4.78 is 11.0. The van der Waals surface area contributed by atoms with E-state index in [9.17, 15) is 9.59 Å². The van der Waals surface area contributed by atoms with Gasteiger partial charge in [-0.25, -0.2) is 9.59 Å². The third kappa shape index (κ3) is 2.71. The van der Waals surface area contributed by atoms with Gasteiger partial charge in [-0.05, 0) is 17.7 Å². The van der Waals surface area contributed by atoms with E-state index in [1.807, 2.05) is 30.3 Å². The lowest BCUT2D eigenvalue weighted by molar-refractivity contribution is 0.0578. The Kier molecular flexibility index (Phi) is 4.20. The molecule has 0 amide bonds. The lowest BCUT2D eigenvalue weighted by Gasteiger charge is -2.11. The Labute approximate surface area is 116 Å². The lowest BCUT2D eigenvalue weighted by atomic mass is 10.2. The highest BCUT2D eigenvalue weighted by atomic mass is 16.5. The van der Waals surface area contributed by atoms with Gasteiger partial charge in [0.2, 0.25) is 0 Å². The second-order valence-corrected chi connectivity index (χ2v) is 4.16. The molecule has 0 radical (unpaired) electrons. The van der Waals surface area contributed by atoms with Crippen molar-refractivity contribution < 1.29 is 19.1 Å². The van der Waals surface area contributed by atoms with E-state index < -0.39 is 11.9 Å². The van der Waals surface area contributed by atoms with Gasteiger partial charge in [0.05, 0.1) is 14.2 Å². The molecule has 1 aromatic heterocycles. The maximum Gasteiger partial charge on any atom is 0.354 e. The number of nitrogens with zero attached hydrogens (tertiary/aromatic N) is 1. The van der Waals surface area contributed by atoms with Crippen molar-refractivity contribution in [3.05, 3.63) is 59.4 Å². The maximum atomic E-state index is 11.8. The van der Waals surface area contributed by atoms with Crippen molar-refractivity contribution in [1.82, 2.24) is 4.57 Å². The highest BCUT2D eigenvalue weighted by Crippen LogP contribution is 2.15. The number of aromatic nitrogens is 1. The fraction of sp³-hybridized carbons (Fsp3) is 0.200. The summed E-state index contributed by atoms with van der Waals surface area (Å²) in [6.45, 7) is 0.392. The van der Waals surface area contributed by atoms with E-state index in [4.69, 9.17) is 9.47 Å². The minimum Gasteiger partial charge on any atom is -0.464 e. The topological polar surface area (TPSA) is 57.5 Å². The van der Waals surface area contributed by atoms with Crippen molar-refractivity contribution in [1.29, 1.82) is 0 Å². The summed E-state index contributed by atoms with van der Waals surface area (Å²) in [7, 11) is 2.61. The Morgan fingerprint density at radius 2 is 1.40 bits per heavy atom. The number of ether oxygens (including phenoxy) is 2. The van der Waals surface area contributed by atoms with Crippen molar-refractivity contribution in [3.8, 4) is 0 Å². The van der Waals surface area contributed by atoms with Gasteiger partial charge in [-0.3, -0.25) is 0 Å². The summed E-state index contributed by atoms with van der Waals surface area (Å²) in [5, 5.41) is 0. The molecule has 104 valence electrons. The van der Waals surface area contributed by atoms with Crippen molar-refractivity contribution in [2.75, 3.05) is 14.2 Å². The van der Waals surface area contributed by atoms with Crippen LogP contribution in [0.5, 0.6) is 0 Å². The zero-order valence-electron chi connectivity index (χ0n) is 11.3. The molecular formula is C15H15NO4. The number of carbonyl (C=O) groups excluding carboxylic acids is 2. The zero-order valence-corrected chi connectivity index (χ0v) is 11.3. The molecule has 0 aliphatic carbocycles. The van der Waals surface area contributed by atoms with Crippen LogP contribution in [0.25, 0.3) is 0 Å². The van der Waals surface area contributed by atoms with Gasteiger partial charge < -0.3 is 14.0 Å². The normalized spacial score (nSPS) is 10.1. The molecule has 2 aromatic rings. The summed E-state index contributed by atoms with van der Waals surface area (Å²) in [6.07, 6.45) is 0. The van der Waals surface area contributed by atoms with Gasteiger partial charge in [0, 0.05) is 6.54 Å². The number of carbonyl (C=O) groups is 2. The fourth-order valence-corrected chi connectivity index (χ4v) is 1.97. The first-order valence-electron chi connectivity index (χ1n) is 6.07. The molecule has 20 heavy (non-hydrogen) atoms. The predicted molar refractivity (Wildman–Crippen MR) is 72.7 cm³/mol. The number of benzene rings is 1. The Morgan fingerprint density at radius 1 is 0.900 bits per heavy atom. The molecular weight excluding hydrogens is 258 g/mol. The van der Waals surface area contributed by atoms with Gasteiger partial charge in [-0.15, -0.1) is 0 Å². The van der Waals surface area contributed by atoms with Gasteiger partial charge >= 0.3 is 11.9 Å². The smallest absolute Gasteiger partial charge is 0.354 e. The van der Waals surface area contributed by atoms with Gasteiger partial charge in [0.25, 0.3) is 0 Å². The molecule has 0 saturated heterocycles. The van der Waals surface area contributed by atoms with Crippen LogP contribution in [0, 0.1) is 0 Å². The Hall–Kier alpha value is -2.56. The minimum absolute atomic E-state index is 0.316. The highest BCUT2D eigenvalue weighted by Gasteiger charge is 2.20. The van der Waals surface area contributed by atoms with Crippen molar-refractivity contribution in [2.45, 2.75) is 6.54 Å². The molecule has 0 spiro atoms. The fourth-order valence-electron chi connectivity index (χ4n) is 1.97. The van der Waals surface area contributed by atoms with Gasteiger partial charge in [-0.2, -0.15) is 0 Å². The van der Waals surface area contributed by atoms with Gasteiger partial charge in [-0.1, -0.05) is 30.3 Å². The summed E-state index contributed by atoms with van der Waals surface area (Å²) in [6, 6.07) is 12.6. The van der Waals surface area contributed by atoms with E-state index in [0.717, 1.165) is 5.56 Å². The molecule has 2 rings (SSSR count). The molecule has 0 atom stereocenters. The van der Waals surface area contributed by atoms with E-state index in [1.54, 1.807) is 16.7 Å². The van der Waals surface area contributed by atoms with Crippen LogP contribution in [-0.2, 0) is 16.0 Å². The van der Waals surface area contributed by atoms with Crippen LogP contribution < -0.4 is 0 Å². The molecule has 0 N–H and O–H groups in total. The average Bonchev–Trinajstić information content (AvgIpc) is 2.90. The van der Waals surface area contributed by atoms with Crippen LogP contribution >= 0.6 is 0 Å². The van der Waals surface area contributed by atoms with Crippen LogP contribution in [0.2, 0.25) is 0 Å². The first-order valence-corrected chi connectivity index (χ1v) is 6.07. The minimum atomic E-state index is -0.490. The molecule has 0 bridgehead atoms. The monoisotopic (exact) mass is 273 g/mol. The number of rotatable bonds is 4. The molecule has 0 saturated carbocycles. The number of methoxy groups -OCH3 is 2. The van der Waals surface area contributed by atoms with Crippen LogP contribution in [0.1, 0.15) is 26.5 Å². The lowest BCUT2D eigenvalue weighted by Crippen LogP contribution is -2.17. The highest BCUT2D eigenvalue weighted by molar-refractivity contribution is 5.93. The Bertz CT molecular complexity index is 583. The molecule has 1 heterocycles. The number of hydrogen-bond acceptors (Lipinski definition) is 4. The molecule has 1 aromatic carbocycles. The molecule has 0 aliphatic heterocycles. The van der Waals surface area contributed by atoms with Crippen LogP contribution in [0.15, 0.2) is 42.5 Å². The summed E-state index contributed by atoms with van der Waals surface area (Å²) >= 11 is 0. The first-order chi connectivity index (χ1) is 9.67. The quantitative estimate of drug-likeness (QED) is 0.801. The van der Waals surface area contributed by atoms with Crippen LogP contribution in [0.4, 0.5) is 0 Å². The Morgan fingerprint density at radius 3 is 1.85 bits per heavy atom. The largest absolute Gasteiger partial charge is 0.464 e. The predicted octanol–water partition coefficient (Wildman–Crippen LogP) is 2.11. The summed E-state index contributed by atoms with van der Waals surface area (Å²) in [5.74, 6) is -0.979. The number of hydrogen-bond donors (Lipinski definition) is 0. The van der Waals surface area contributed by atoms with E-state index in [-0.39, 0.29) is 0 Å². The molecule has 5 heteroatoms. The SMILES string of the molecule is COC(=O)c1ccc(C(=O)OC)n1Cc1ccccc1. The third-order valence-electron chi connectivity index (χ3n) is 2.95. The summed E-state index contributed by atoms with van der Waals surface area (Å²) in [5.41, 5.74) is 1.60. The molecule has 5 nitrogen and oxygen atoms in total. The second kappa shape index (κ2) is 6.06. The molecule has 0 unspecified atom stereocenters. The average molecular weight is 273 g/mol. The van der Waals surface area contributed by atoms with Gasteiger partial charge in [0.1, 0.15) is 11.4 Å². The Balaban J connectivity index is 2.44. The van der Waals surface area contributed by atoms with Crippen LogP contribution in [-0.4, -0.2) is 30.7 Å². The van der Waals surface area contributed by atoms with Crippen molar-refractivity contribution in [3.63, 3.8) is 0 Å². The second-order valence-electron chi connectivity index (χ2n) is 4.16. The van der Waals surface area contributed by atoms with Gasteiger partial charge in [0.15, 0.2) is 0 Å². The zero-order chi connectivity index (χ0) is 14.5. The van der Waals surface area contributed by atoms with E-state index in [0.29, 0.717) is 17.9 Å². The van der Waals surface area contributed by atoms with Crippen molar-refractivity contribution in [2.24, 2.45) is 0 Å². The maximum absolute atomic E-state index is 11.8. The molecule has 0 fully saturated rings. The third-order valence-corrected chi connectivity index (χ3v) is 2.95.